The van der Waals surface area contributed by atoms with E-state index in [1.54, 1.807) is 20.4 Å². The molecular formula is C26H23N5O2. The molecule has 33 heavy (non-hydrogen) atoms. The number of benzene rings is 2. The first-order valence-corrected chi connectivity index (χ1v) is 10.5. The molecule has 2 aromatic carbocycles. The van der Waals surface area contributed by atoms with Gasteiger partial charge < -0.3 is 13.9 Å². The summed E-state index contributed by atoms with van der Waals surface area (Å²) in [4.78, 5) is 8.61. The summed E-state index contributed by atoms with van der Waals surface area (Å²) in [5, 5.41) is 9.30. The monoisotopic (exact) mass is 437 g/mol. The average Bonchev–Trinajstić information content (AvgIpc) is 3.49. The number of fused-ring (bicyclic) bond motifs is 3. The zero-order valence-corrected chi connectivity index (χ0v) is 18.6. The Morgan fingerprint density at radius 1 is 0.758 bits per heavy atom. The van der Waals surface area contributed by atoms with E-state index in [1.165, 1.54) is 5.39 Å². The molecule has 0 aliphatic rings. The lowest BCUT2D eigenvalue weighted by Gasteiger charge is -2.06. The van der Waals surface area contributed by atoms with Crippen molar-refractivity contribution in [3.8, 4) is 22.6 Å². The van der Waals surface area contributed by atoms with Gasteiger partial charge in [0.2, 0.25) is 0 Å². The van der Waals surface area contributed by atoms with E-state index in [1.807, 2.05) is 54.2 Å². The predicted molar refractivity (Wildman–Crippen MR) is 130 cm³/mol. The highest BCUT2D eigenvalue weighted by atomic mass is 16.5. The third kappa shape index (κ3) is 4.08. The molecule has 7 heteroatoms. The van der Waals surface area contributed by atoms with Crippen LogP contribution in [0.1, 0.15) is 5.69 Å². The largest absolute Gasteiger partial charge is 0.497 e. The second-order valence-corrected chi connectivity index (χ2v) is 7.65. The van der Waals surface area contributed by atoms with Crippen molar-refractivity contribution >= 4 is 27.5 Å². The molecule has 0 spiro atoms. The van der Waals surface area contributed by atoms with Crippen molar-refractivity contribution in [3.63, 3.8) is 0 Å². The van der Waals surface area contributed by atoms with Crippen molar-refractivity contribution < 1.29 is 9.47 Å². The summed E-state index contributed by atoms with van der Waals surface area (Å²) in [6.07, 6.45) is 7.38. The van der Waals surface area contributed by atoms with Crippen LogP contribution < -0.4 is 9.47 Å². The maximum Gasteiger partial charge on any atom is 0.137 e. The Labute approximate surface area is 190 Å². The molecular weight excluding hydrogens is 414 g/mol. The molecule has 7 nitrogen and oxygen atoms in total. The number of methoxy groups -OCH3 is 2. The Kier molecular flexibility index (Phi) is 5.36. The molecule has 1 N–H and O–H groups in total. The van der Waals surface area contributed by atoms with Crippen LogP contribution >= 0.6 is 0 Å². The van der Waals surface area contributed by atoms with Gasteiger partial charge in [-0.2, -0.15) is 5.10 Å². The predicted octanol–water partition coefficient (Wildman–Crippen LogP) is 5.44. The summed E-state index contributed by atoms with van der Waals surface area (Å²) >= 11 is 0. The van der Waals surface area contributed by atoms with Crippen LogP contribution in [0.3, 0.4) is 0 Å². The maximum absolute atomic E-state index is 5.26. The van der Waals surface area contributed by atoms with E-state index < -0.39 is 0 Å². The van der Waals surface area contributed by atoms with Crippen molar-refractivity contribution in [1.29, 1.82) is 0 Å². The van der Waals surface area contributed by atoms with E-state index in [-0.39, 0.29) is 0 Å². The molecule has 0 aliphatic carbocycles. The van der Waals surface area contributed by atoms with E-state index in [9.17, 15) is 0 Å². The van der Waals surface area contributed by atoms with Crippen LogP contribution in [0.4, 0.5) is 0 Å². The number of rotatable bonds is 3. The normalized spacial score (nSPS) is 10.9. The topological polar surface area (TPSA) is 77.3 Å². The van der Waals surface area contributed by atoms with Crippen LogP contribution in [-0.2, 0) is 0 Å². The molecule has 0 unspecified atom stereocenters. The summed E-state index contributed by atoms with van der Waals surface area (Å²) in [7, 11) is 3.34. The summed E-state index contributed by atoms with van der Waals surface area (Å²) in [5.41, 5.74) is 6.10. The molecule has 0 fully saturated rings. The standard InChI is InChI=1S/C17H13N3O.C9H10N2O/c1-21-15-5-4-11-6-12(2-3-13(11)7-15)14-8-16-17(18-9-14)10-19-20-16;1-7-5-10-9-4-3-8(12-2)6-11(7)9/h2-10H,1H3,(H,19,20);3-6H,1-2H3. The van der Waals surface area contributed by atoms with Crippen molar-refractivity contribution in [2.75, 3.05) is 14.2 Å². The minimum atomic E-state index is 0.851. The molecule has 0 saturated carbocycles. The number of aromatic amines is 1. The lowest BCUT2D eigenvalue weighted by molar-refractivity contribution is 0.412. The third-order valence-electron chi connectivity index (χ3n) is 5.57. The van der Waals surface area contributed by atoms with Gasteiger partial charge in [0.05, 0.1) is 32.1 Å². The number of pyridine rings is 2. The molecule has 4 aromatic heterocycles. The SMILES string of the molecule is COc1ccc2cc(-c3cnc4cn[nH]c4c3)ccc2c1.COc1ccc2ncc(C)n2c1. The fourth-order valence-electron chi connectivity index (χ4n) is 3.72. The Morgan fingerprint density at radius 3 is 2.39 bits per heavy atom. The van der Waals surface area contributed by atoms with Gasteiger partial charge in [-0.05, 0) is 59.7 Å². The van der Waals surface area contributed by atoms with Gasteiger partial charge in [-0.15, -0.1) is 0 Å². The van der Waals surface area contributed by atoms with Crippen LogP contribution in [0.15, 0.2) is 79.4 Å². The van der Waals surface area contributed by atoms with Crippen LogP contribution in [0, 0.1) is 6.92 Å². The molecule has 0 atom stereocenters. The summed E-state index contributed by atoms with van der Waals surface area (Å²) < 4.78 is 12.4. The van der Waals surface area contributed by atoms with Crippen LogP contribution in [-0.4, -0.2) is 38.8 Å². The smallest absolute Gasteiger partial charge is 0.137 e. The lowest BCUT2D eigenvalue weighted by atomic mass is 10.0. The van der Waals surface area contributed by atoms with Crippen LogP contribution in [0.25, 0.3) is 38.6 Å². The molecule has 0 amide bonds. The minimum absolute atomic E-state index is 0.851. The number of aromatic nitrogens is 5. The summed E-state index contributed by atoms with van der Waals surface area (Å²) in [5.74, 6) is 1.72. The van der Waals surface area contributed by atoms with Gasteiger partial charge in [0.25, 0.3) is 0 Å². The van der Waals surface area contributed by atoms with Gasteiger partial charge >= 0.3 is 0 Å². The molecule has 6 aromatic rings. The number of hydrogen-bond donors (Lipinski definition) is 1. The van der Waals surface area contributed by atoms with Crippen molar-refractivity contribution in [2.45, 2.75) is 6.92 Å². The first kappa shape index (κ1) is 20.5. The number of aryl methyl sites for hydroxylation is 1. The molecule has 4 heterocycles. The lowest BCUT2D eigenvalue weighted by Crippen LogP contribution is -1.89. The fourth-order valence-corrected chi connectivity index (χ4v) is 3.72. The van der Waals surface area contributed by atoms with Crippen molar-refractivity contribution in [3.05, 3.63) is 85.1 Å². The van der Waals surface area contributed by atoms with Gasteiger partial charge in [0.15, 0.2) is 0 Å². The molecule has 0 bridgehead atoms. The van der Waals surface area contributed by atoms with Crippen molar-refractivity contribution in [1.82, 2.24) is 24.6 Å². The van der Waals surface area contributed by atoms with E-state index in [4.69, 9.17) is 9.47 Å². The third-order valence-corrected chi connectivity index (χ3v) is 5.57. The van der Waals surface area contributed by atoms with E-state index in [0.29, 0.717) is 0 Å². The number of imidazole rings is 1. The molecule has 0 saturated heterocycles. The Bertz CT molecular complexity index is 1570. The van der Waals surface area contributed by atoms with Gasteiger partial charge in [-0.25, -0.2) is 4.98 Å². The Morgan fingerprint density at radius 2 is 1.55 bits per heavy atom. The first-order chi connectivity index (χ1) is 16.1. The van der Waals surface area contributed by atoms with Gasteiger partial charge in [0, 0.05) is 23.7 Å². The highest BCUT2D eigenvalue weighted by Gasteiger charge is 2.04. The van der Waals surface area contributed by atoms with Gasteiger partial charge in [0.1, 0.15) is 22.7 Å². The van der Waals surface area contributed by atoms with Crippen LogP contribution in [0.2, 0.25) is 0 Å². The Hall–Kier alpha value is -4.39. The highest BCUT2D eigenvalue weighted by Crippen LogP contribution is 2.27. The number of nitrogens with one attached hydrogen (secondary N) is 1. The summed E-state index contributed by atoms with van der Waals surface area (Å²) in [6, 6.07) is 18.4. The highest BCUT2D eigenvalue weighted by molar-refractivity contribution is 5.89. The Balaban J connectivity index is 0.000000162. The molecule has 164 valence electrons. The molecule has 0 radical (unpaired) electrons. The summed E-state index contributed by atoms with van der Waals surface area (Å²) in [6.45, 7) is 2.01. The quantitative estimate of drug-likeness (QED) is 0.399. The zero-order valence-electron chi connectivity index (χ0n) is 18.6. The number of nitrogens with zero attached hydrogens (tertiary/aromatic N) is 4. The fraction of sp³-hybridized carbons (Fsp3) is 0.115. The average molecular weight is 438 g/mol. The van der Waals surface area contributed by atoms with Crippen molar-refractivity contribution in [2.24, 2.45) is 0 Å². The first-order valence-electron chi connectivity index (χ1n) is 10.5. The van der Waals surface area contributed by atoms with E-state index in [0.717, 1.165) is 50.4 Å². The van der Waals surface area contributed by atoms with Gasteiger partial charge in [-0.3, -0.25) is 10.1 Å². The number of hydrogen-bond acceptors (Lipinski definition) is 5. The molecule has 0 aliphatic heterocycles. The number of H-pyrrole nitrogens is 1. The second-order valence-electron chi connectivity index (χ2n) is 7.65. The maximum atomic E-state index is 5.26. The zero-order chi connectivity index (χ0) is 22.8. The van der Waals surface area contributed by atoms with E-state index >= 15 is 0 Å². The molecule has 6 rings (SSSR count). The van der Waals surface area contributed by atoms with E-state index in [2.05, 4.69) is 50.5 Å². The van der Waals surface area contributed by atoms with Gasteiger partial charge in [-0.1, -0.05) is 18.2 Å². The minimum Gasteiger partial charge on any atom is -0.497 e. The second kappa shape index (κ2) is 8.63. The van der Waals surface area contributed by atoms with Crippen LogP contribution in [0.5, 0.6) is 11.5 Å². The number of ether oxygens (including phenoxy) is 2.